The Labute approximate surface area is 163 Å². The second-order valence-corrected chi connectivity index (χ2v) is 9.17. The smallest absolute Gasteiger partial charge is 0.226 e. The van der Waals surface area contributed by atoms with Crippen molar-refractivity contribution in [2.45, 2.75) is 63.8 Å². The van der Waals surface area contributed by atoms with E-state index in [2.05, 4.69) is 10.6 Å². The summed E-state index contributed by atoms with van der Waals surface area (Å²) in [6.45, 7) is 2.17. The van der Waals surface area contributed by atoms with Gasteiger partial charge in [-0.3, -0.25) is 9.59 Å². The first kappa shape index (κ1) is 19.9. The number of nitrogens with one attached hydrogen (secondary N) is 2. The first-order valence-corrected chi connectivity index (χ1v) is 10.3. The third-order valence-electron chi connectivity index (χ3n) is 7.33. The molecule has 0 spiro atoms. The molecule has 1 heterocycles. The van der Waals surface area contributed by atoms with Gasteiger partial charge in [0.1, 0.15) is 0 Å². The number of likely N-dealkylation sites (N-methyl/N-ethyl adjacent to an activating group) is 1. The maximum absolute atomic E-state index is 12.9. The van der Waals surface area contributed by atoms with Crippen LogP contribution in [0.3, 0.4) is 0 Å². The lowest BCUT2D eigenvalue weighted by atomic mass is 9.49. The summed E-state index contributed by atoms with van der Waals surface area (Å²) >= 11 is 0. The maximum atomic E-state index is 12.9. The highest BCUT2D eigenvalue weighted by Crippen LogP contribution is 2.60. The normalized spacial score (nSPS) is 38.0. The number of piperidine rings is 1. The van der Waals surface area contributed by atoms with Crippen molar-refractivity contribution in [1.29, 1.82) is 0 Å². The Balaban J connectivity index is 0.00000196. The molecule has 0 aromatic rings. The Hall–Kier alpha value is -0.810. The molecule has 5 aliphatic rings. The molecule has 5 nitrogen and oxygen atoms in total. The number of carbonyl (C=O) groups excluding carboxylic acids is 2. The molecule has 0 radical (unpaired) electrons. The zero-order chi connectivity index (χ0) is 17.4. The SMILES string of the molecule is CNC1CCCN(C(=O)CCNC(=O)C23CC4CC(CC(C4)C2)C3)C1.Cl. The van der Waals surface area contributed by atoms with Crippen LogP contribution in [-0.4, -0.2) is 49.4 Å². The monoisotopic (exact) mass is 383 g/mol. The summed E-state index contributed by atoms with van der Waals surface area (Å²) in [5, 5.41) is 6.41. The van der Waals surface area contributed by atoms with E-state index in [0.717, 1.165) is 62.9 Å². The van der Waals surface area contributed by atoms with E-state index in [-0.39, 0.29) is 29.6 Å². The van der Waals surface area contributed by atoms with Crippen molar-refractivity contribution in [3.63, 3.8) is 0 Å². The fourth-order valence-electron chi connectivity index (χ4n) is 6.46. The van der Waals surface area contributed by atoms with Gasteiger partial charge in [-0.15, -0.1) is 12.4 Å². The molecule has 148 valence electrons. The van der Waals surface area contributed by atoms with Gasteiger partial charge in [0.05, 0.1) is 0 Å². The molecule has 0 aromatic carbocycles. The first-order chi connectivity index (χ1) is 12.1. The second-order valence-electron chi connectivity index (χ2n) is 9.17. The van der Waals surface area contributed by atoms with Gasteiger partial charge in [-0.2, -0.15) is 0 Å². The van der Waals surface area contributed by atoms with Crippen LogP contribution < -0.4 is 10.6 Å². The average Bonchev–Trinajstić information content (AvgIpc) is 2.60. The molecule has 1 unspecified atom stereocenters. The molecule has 26 heavy (non-hydrogen) atoms. The molecule has 2 N–H and O–H groups in total. The number of halogens is 1. The number of carbonyl (C=O) groups is 2. The topological polar surface area (TPSA) is 61.4 Å². The number of hydrogen-bond acceptors (Lipinski definition) is 3. The predicted molar refractivity (Wildman–Crippen MR) is 104 cm³/mol. The Bertz CT molecular complexity index is 504. The summed E-state index contributed by atoms with van der Waals surface area (Å²) in [7, 11) is 1.96. The van der Waals surface area contributed by atoms with Crippen LogP contribution in [0.15, 0.2) is 0 Å². The molecule has 2 amide bonds. The van der Waals surface area contributed by atoms with Gasteiger partial charge in [0.15, 0.2) is 0 Å². The van der Waals surface area contributed by atoms with Gasteiger partial charge in [0.2, 0.25) is 11.8 Å². The highest BCUT2D eigenvalue weighted by Gasteiger charge is 2.54. The molecule has 5 fully saturated rings. The van der Waals surface area contributed by atoms with Crippen LogP contribution in [0.4, 0.5) is 0 Å². The minimum absolute atomic E-state index is 0. The Morgan fingerprint density at radius 1 is 1.08 bits per heavy atom. The van der Waals surface area contributed by atoms with E-state index >= 15 is 0 Å². The van der Waals surface area contributed by atoms with Crippen LogP contribution in [0.25, 0.3) is 0 Å². The van der Waals surface area contributed by atoms with E-state index in [1.807, 2.05) is 11.9 Å². The van der Waals surface area contributed by atoms with Crippen molar-refractivity contribution in [1.82, 2.24) is 15.5 Å². The van der Waals surface area contributed by atoms with E-state index in [1.54, 1.807) is 0 Å². The van der Waals surface area contributed by atoms with E-state index in [9.17, 15) is 9.59 Å². The maximum Gasteiger partial charge on any atom is 0.226 e. The van der Waals surface area contributed by atoms with Crippen LogP contribution >= 0.6 is 12.4 Å². The van der Waals surface area contributed by atoms with Crippen LogP contribution in [-0.2, 0) is 9.59 Å². The minimum Gasteiger partial charge on any atom is -0.355 e. The van der Waals surface area contributed by atoms with Gasteiger partial charge >= 0.3 is 0 Å². The van der Waals surface area contributed by atoms with Crippen molar-refractivity contribution in [3.8, 4) is 0 Å². The summed E-state index contributed by atoms with van der Waals surface area (Å²) < 4.78 is 0. The lowest BCUT2D eigenvalue weighted by Gasteiger charge is -2.55. The molecule has 4 saturated carbocycles. The van der Waals surface area contributed by atoms with Gasteiger partial charge in [-0.05, 0) is 76.2 Å². The van der Waals surface area contributed by atoms with Gasteiger partial charge < -0.3 is 15.5 Å². The largest absolute Gasteiger partial charge is 0.355 e. The highest BCUT2D eigenvalue weighted by molar-refractivity contribution is 5.85. The van der Waals surface area contributed by atoms with Crippen molar-refractivity contribution in [2.24, 2.45) is 23.2 Å². The summed E-state index contributed by atoms with van der Waals surface area (Å²) in [6.07, 6.45) is 9.98. The highest BCUT2D eigenvalue weighted by atomic mass is 35.5. The van der Waals surface area contributed by atoms with Crippen molar-refractivity contribution in [3.05, 3.63) is 0 Å². The summed E-state index contributed by atoms with van der Waals surface area (Å²) in [6, 6.07) is 0.416. The number of nitrogens with zero attached hydrogens (tertiary/aromatic N) is 1. The van der Waals surface area contributed by atoms with Crippen LogP contribution in [0.1, 0.15) is 57.8 Å². The first-order valence-electron chi connectivity index (χ1n) is 10.3. The van der Waals surface area contributed by atoms with Crippen LogP contribution in [0.5, 0.6) is 0 Å². The Kier molecular flexibility index (Phi) is 6.18. The lowest BCUT2D eigenvalue weighted by Crippen LogP contribution is -2.54. The standard InChI is InChI=1S/C20H33N3O2.ClH/c1-21-17-3-2-6-23(13-17)18(24)4-5-22-19(25)20-10-14-7-15(11-20)9-16(8-14)12-20;/h14-17,21H,2-13H2,1H3,(H,22,25);1H. The summed E-state index contributed by atoms with van der Waals surface area (Å²) in [5.74, 6) is 2.78. The van der Waals surface area contributed by atoms with Gasteiger partial charge in [-0.1, -0.05) is 0 Å². The van der Waals surface area contributed by atoms with Gasteiger partial charge in [0, 0.05) is 37.5 Å². The molecule has 4 bridgehead atoms. The van der Waals surface area contributed by atoms with E-state index < -0.39 is 0 Å². The Morgan fingerprint density at radius 2 is 1.69 bits per heavy atom. The van der Waals surface area contributed by atoms with E-state index in [4.69, 9.17) is 0 Å². The molecule has 6 heteroatoms. The molecule has 1 saturated heterocycles. The summed E-state index contributed by atoms with van der Waals surface area (Å²) in [4.78, 5) is 27.3. The van der Waals surface area contributed by atoms with Crippen molar-refractivity contribution in [2.75, 3.05) is 26.7 Å². The van der Waals surface area contributed by atoms with E-state index in [1.165, 1.54) is 19.3 Å². The molecule has 0 aromatic heterocycles. The van der Waals surface area contributed by atoms with Gasteiger partial charge in [-0.25, -0.2) is 0 Å². The Morgan fingerprint density at radius 3 is 2.27 bits per heavy atom. The van der Waals surface area contributed by atoms with Gasteiger partial charge in [0.25, 0.3) is 0 Å². The fraction of sp³-hybridized carbons (Fsp3) is 0.900. The fourth-order valence-corrected chi connectivity index (χ4v) is 6.46. The number of likely N-dealkylation sites (tertiary alicyclic amines) is 1. The van der Waals surface area contributed by atoms with Crippen molar-refractivity contribution < 1.29 is 9.59 Å². The molecular formula is C20H34ClN3O2. The third-order valence-corrected chi connectivity index (χ3v) is 7.33. The zero-order valence-corrected chi connectivity index (χ0v) is 16.8. The third kappa shape index (κ3) is 3.89. The van der Waals surface area contributed by atoms with Crippen molar-refractivity contribution >= 4 is 24.2 Å². The summed E-state index contributed by atoms with van der Waals surface area (Å²) in [5.41, 5.74) is -0.0971. The number of amides is 2. The number of hydrogen-bond donors (Lipinski definition) is 2. The molecule has 4 aliphatic carbocycles. The van der Waals surface area contributed by atoms with Crippen LogP contribution in [0.2, 0.25) is 0 Å². The average molecular weight is 384 g/mol. The molecule has 1 atom stereocenters. The predicted octanol–water partition coefficient (Wildman–Crippen LogP) is 2.34. The molecule has 5 rings (SSSR count). The molecule has 1 aliphatic heterocycles. The zero-order valence-electron chi connectivity index (χ0n) is 16.0. The van der Waals surface area contributed by atoms with E-state index in [0.29, 0.717) is 19.0 Å². The van der Waals surface area contributed by atoms with Crippen LogP contribution in [0, 0.1) is 23.2 Å². The lowest BCUT2D eigenvalue weighted by molar-refractivity contribution is -0.146. The second kappa shape index (κ2) is 8.05. The molecular weight excluding hydrogens is 350 g/mol. The number of rotatable bonds is 5. The minimum atomic E-state index is -0.0971. The quantitative estimate of drug-likeness (QED) is 0.766.